The fourth-order valence-electron chi connectivity index (χ4n) is 2.50. The van der Waals surface area contributed by atoms with Crippen LogP contribution in [0.4, 0.5) is 11.4 Å². The number of anilines is 2. The fraction of sp³-hybridized carbons (Fsp3) is 0.267. The summed E-state index contributed by atoms with van der Waals surface area (Å²) < 4.78 is 0. The van der Waals surface area contributed by atoms with E-state index in [2.05, 4.69) is 46.2 Å². The molecule has 1 aliphatic heterocycles. The van der Waals surface area contributed by atoms with Gasteiger partial charge in [-0.1, -0.05) is 12.1 Å². The van der Waals surface area contributed by atoms with Crippen LogP contribution in [0.3, 0.4) is 0 Å². The van der Waals surface area contributed by atoms with Crippen molar-refractivity contribution in [3.63, 3.8) is 0 Å². The van der Waals surface area contributed by atoms with E-state index in [0.717, 1.165) is 23.5 Å². The summed E-state index contributed by atoms with van der Waals surface area (Å²) >= 11 is 1.75. The monoisotopic (exact) mass is 287 g/mol. The SMILES string of the molecule is CNC1C(=O)Nc2cc(N(C)Cc3cccs3)ccc21. The highest BCUT2D eigenvalue weighted by molar-refractivity contribution is 7.09. The molecule has 0 bridgehead atoms. The molecule has 0 aliphatic carbocycles. The van der Waals surface area contributed by atoms with E-state index in [4.69, 9.17) is 0 Å². The summed E-state index contributed by atoms with van der Waals surface area (Å²) in [5, 5.41) is 8.04. The maximum atomic E-state index is 11.8. The molecule has 1 atom stereocenters. The molecule has 1 unspecified atom stereocenters. The van der Waals surface area contributed by atoms with Crippen molar-refractivity contribution in [2.45, 2.75) is 12.6 Å². The Bertz CT molecular complexity index is 624. The Labute approximate surface area is 122 Å². The van der Waals surface area contributed by atoms with E-state index in [9.17, 15) is 4.79 Å². The standard InChI is InChI=1S/C15H17N3OS/c1-16-14-12-6-5-10(8-13(12)17-15(14)19)18(2)9-11-4-3-7-20-11/h3-8,14,16H,9H2,1-2H3,(H,17,19). The van der Waals surface area contributed by atoms with Crippen LogP contribution >= 0.6 is 11.3 Å². The molecular formula is C15H17N3OS. The van der Waals surface area contributed by atoms with Crippen LogP contribution in [0.15, 0.2) is 35.7 Å². The van der Waals surface area contributed by atoms with Crippen LogP contribution < -0.4 is 15.5 Å². The van der Waals surface area contributed by atoms with E-state index in [1.54, 1.807) is 18.4 Å². The van der Waals surface area contributed by atoms with Crippen LogP contribution in [0, 0.1) is 0 Å². The first-order chi connectivity index (χ1) is 9.69. The van der Waals surface area contributed by atoms with Gasteiger partial charge in [0.1, 0.15) is 6.04 Å². The zero-order valence-corrected chi connectivity index (χ0v) is 12.3. The Kier molecular flexibility index (Phi) is 3.46. The molecule has 5 heteroatoms. The lowest BCUT2D eigenvalue weighted by Gasteiger charge is -2.19. The third-order valence-electron chi connectivity index (χ3n) is 3.57. The topological polar surface area (TPSA) is 44.4 Å². The molecule has 0 radical (unpaired) electrons. The predicted molar refractivity (Wildman–Crippen MR) is 83.3 cm³/mol. The first kappa shape index (κ1) is 13.1. The van der Waals surface area contributed by atoms with Crippen molar-refractivity contribution in [1.29, 1.82) is 0 Å². The van der Waals surface area contributed by atoms with Gasteiger partial charge in [0.15, 0.2) is 0 Å². The smallest absolute Gasteiger partial charge is 0.246 e. The number of benzene rings is 1. The summed E-state index contributed by atoms with van der Waals surface area (Å²) in [4.78, 5) is 15.3. The minimum Gasteiger partial charge on any atom is -0.369 e. The van der Waals surface area contributed by atoms with Gasteiger partial charge in [-0.3, -0.25) is 4.79 Å². The van der Waals surface area contributed by atoms with E-state index < -0.39 is 0 Å². The number of hydrogen-bond acceptors (Lipinski definition) is 4. The van der Waals surface area contributed by atoms with Crippen LogP contribution in [-0.4, -0.2) is 20.0 Å². The van der Waals surface area contributed by atoms with E-state index in [0.29, 0.717) is 0 Å². The van der Waals surface area contributed by atoms with Crippen molar-refractivity contribution in [1.82, 2.24) is 5.32 Å². The lowest BCUT2D eigenvalue weighted by molar-refractivity contribution is -0.117. The van der Waals surface area contributed by atoms with Crippen molar-refractivity contribution in [3.8, 4) is 0 Å². The number of carbonyl (C=O) groups excluding carboxylic acids is 1. The summed E-state index contributed by atoms with van der Waals surface area (Å²) in [6, 6.07) is 10.1. The third kappa shape index (κ3) is 2.30. The third-order valence-corrected chi connectivity index (χ3v) is 4.43. The molecule has 2 heterocycles. The quantitative estimate of drug-likeness (QED) is 0.908. The minimum atomic E-state index is -0.235. The molecule has 1 aromatic heterocycles. The average molecular weight is 287 g/mol. The summed E-state index contributed by atoms with van der Waals surface area (Å²) in [5.74, 6) is 0.0144. The van der Waals surface area contributed by atoms with Crippen LogP contribution in [0.25, 0.3) is 0 Å². The van der Waals surface area contributed by atoms with Crippen molar-refractivity contribution in [3.05, 3.63) is 46.2 Å². The molecule has 1 aliphatic rings. The highest BCUT2D eigenvalue weighted by Gasteiger charge is 2.29. The number of nitrogens with one attached hydrogen (secondary N) is 2. The molecule has 0 saturated heterocycles. The van der Waals surface area contributed by atoms with Gasteiger partial charge >= 0.3 is 0 Å². The Balaban J connectivity index is 1.83. The first-order valence-corrected chi connectivity index (χ1v) is 7.42. The lowest BCUT2D eigenvalue weighted by atomic mass is 10.1. The first-order valence-electron chi connectivity index (χ1n) is 6.54. The lowest BCUT2D eigenvalue weighted by Crippen LogP contribution is -2.23. The number of amides is 1. The van der Waals surface area contributed by atoms with Gasteiger partial charge < -0.3 is 15.5 Å². The summed E-state index contributed by atoms with van der Waals surface area (Å²) in [7, 11) is 3.87. The van der Waals surface area contributed by atoms with Gasteiger partial charge in [-0.05, 0) is 30.6 Å². The number of carbonyl (C=O) groups is 1. The van der Waals surface area contributed by atoms with Crippen molar-refractivity contribution < 1.29 is 4.79 Å². The van der Waals surface area contributed by atoms with Gasteiger partial charge in [0.2, 0.25) is 5.91 Å². The predicted octanol–water partition coefficient (Wildman–Crippen LogP) is 2.60. The highest BCUT2D eigenvalue weighted by atomic mass is 32.1. The molecule has 3 rings (SSSR count). The molecule has 104 valence electrons. The van der Waals surface area contributed by atoms with Gasteiger partial charge in [0.05, 0.1) is 6.54 Å². The molecule has 1 aromatic carbocycles. The van der Waals surface area contributed by atoms with Gasteiger partial charge in [-0.25, -0.2) is 0 Å². The second-order valence-electron chi connectivity index (χ2n) is 4.92. The Morgan fingerprint density at radius 2 is 2.25 bits per heavy atom. The van der Waals surface area contributed by atoms with E-state index in [-0.39, 0.29) is 11.9 Å². The number of nitrogens with zero attached hydrogens (tertiary/aromatic N) is 1. The molecule has 4 nitrogen and oxygen atoms in total. The molecular weight excluding hydrogens is 270 g/mol. The molecule has 0 fully saturated rings. The van der Waals surface area contributed by atoms with Gasteiger partial charge in [-0.2, -0.15) is 0 Å². The van der Waals surface area contributed by atoms with E-state index in [1.807, 2.05) is 12.1 Å². The number of thiophene rings is 1. The molecule has 1 amide bonds. The normalized spacial score (nSPS) is 16.9. The molecule has 2 N–H and O–H groups in total. The van der Waals surface area contributed by atoms with Gasteiger partial charge in [0.25, 0.3) is 0 Å². The van der Waals surface area contributed by atoms with Crippen molar-refractivity contribution in [2.75, 3.05) is 24.3 Å². The Morgan fingerprint density at radius 1 is 1.40 bits per heavy atom. The zero-order chi connectivity index (χ0) is 14.1. The molecule has 0 saturated carbocycles. The second kappa shape index (κ2) is 5.26. The van der Waals surface area contributed by atoms with Gasteiger partial charge in [-0.15, -0.1) is 11.3 Å². The van der Waals surface area contributed by atoms with E-state index in [1.165, 1.54) is 4.88 Å². The van der Waals surface area contributed by atoms with E-state index >= 15 is 0 Å². The number of likely N-dealkylation sites (N-methyl/N-ethyl adjacent to an activating group) is 1. The molecule has 2 aromatic rings. The molecule has 0 spiro atoms. The maximum Gasteiger partial charge on any atom is 0.246 e. The Hall–Kier alpha value is -1.85. The maximum absolute atomic E-state index is 11.8. The summed E-state index contributed by atoms with van der Waals surface area (Å²) in [5.41, 5.74) is 3.03. The fourth-order valence-corrected chi connectivity index (χ4v) is 3.26. The van der Waals surface area contributed by atoms with Gasteiger partial charge in [0, 0.05) is 28.9 Å². The number of rotatable bonds is 4. The van der Waals surface area contributed by atoms with Crippen molar-refractivity contribution >= 4 is 28.6 Å². The minimum absolute atomic E-state index is 0.0144. The van der Waals surface area contributed by atoms with Crippen LogP contribution in [0.2, 0.25) is 0 Å². The van der Waals surface area contributed by atoms with Crippen LogP contribution in [0.5, 0.6) is 0 Å². The highest BCUT2D eigenvalue weighted by Crippen LogP contribution is 2.34. The number of fused-ring (bicyclic) bond motifs is 1. The van der Waals surface area contributed by atoms with Crippen LogP contribution in [-0.2, 0) is 11.3 Å². The number of hydrogen-bond donors (Lipinski definition) is 2. The summed E-state index contributed by atoms with van der Waals surface area (Å²) in [6.07, 6.45) is 0. The Morgan fingerprint density at radius 3 is 2.95 bits per heavy atom. The second-order valence-corrected chi connectivity index (χ2v) is 5.95. The van der Waals surface area contributed by atoms with Crippen molar-refractivity contribution in [2.24, 2.45) is 0 Å². The largest absolute Gasteiger partial charge is 0.369 e. The zero-order valence-electron chi connectivity index (χ0n) is 11.5. The average Bonchev–Trinajstić information content (AvgIpc) is 3.04. The van der Waals surface area contributed by atoms with Crippen LogP contribution in [0.1, 0.15) is 16.5 Å². The summed E-state index contributed by atoms with van der Waals surface area (Å²) in [6.45, 7) is 0.875. The molecule has 20 heavy (non-hydrogen) atoms.